The van der Waals surface area contributed by atoms with Gasteiger partial charge in [0.1, 0.15) is 0 Å². The number of nitrogens with one attached hydrogen (secondary N) is 1. The van der Waals surface area contributed by atoms with Crippen molar-refractivity contribution in [2.75, 3.05) is 19.6 Å². The number of piperidine rings is 1. The second-order valence-electron chi connectivity index (χ2n) is 6.94. The fourth-order valence-electron chi connectivity index (χ4n) is 3.27. The van der Waals surface area contributed by atoms with E-state index in [0.29, 0.717) is 19.0 Å². The smallest absolute Gasteiger partial charge is 0.234 e. The number of amides is 1. The fraction of sp³-hybridized carbons (Fsp3) is 0.556. The number of hydrogen-bond donors (Lipinski definition) is 1. The van der Waals surface area contributed by atoms with Crippen LogP contribution in [-0.2, 0) is 11.3 Å². The molecule has 1 aliphatic carbocycles. The third-order valence-electron chi connectivity index (χ3n) is 4.81. The van der Waals surface area contributed by atoms with Crippen LogP contribution in [0, 0.1) is 0 Å². The van der Waals surface area contributed by atoms with Crippen LogP contribution in [-0.4, -0.2) is 45.6 Å². The summed E-state index contributed by atoms with van der Waals surface area (Å²) in [5.41, 5.74) is 0.867. The van der Waals surface area contributed by atoms with E-state index in [1.54, 1.807) is 6.20 Å². The molecule has 1 saturated heterocycles. The van der Waals surface area contributed by atoms with Crippen LogP contribution in [0.15, 0.2) is 28.9 Å². The van der Waals surface area contributed by atoms with Gasteiger partial charge < -0.3 is 9.84 Å². The molecule has 7 heteroatoms. The Balaban J connectivity index is 1.27. The third-order valence-corrected chi connectivity index (χ3v) is 4.81. The van der Waals surface area contributed by atoms with Gasteiger partial charge in [0.05, 0.1) is 18.8 Å². The summed E-state index contributed by atoms with van der Waals surface area (Å²) in [6.07, 6.45) is 6.16. The summed E-state index contributed by atoms with van der Waals surface area (Å²) >= 11 is 0. The molecule has 2 aliphatic rings. The number of nitrogens with zero attached hydrogens (tertiary/aromatic N) is 4. The zero-order valence-corrected chi connectivity index (χ0v) is 14.2. The zero-order valence-electron chi connectivity index (χ0n) is 14.2. The molecule has 2 aromatic rings. The van der Waals surface area contributed by atoms with E-state index in [-0.39, 0.29) is 11.8 Å². The molecule has 0 aromatic carbocycles. The Bertz CT molecular complexity index is 713. The van der Waals surface area contributed by atoms with E-state index in [1.807, 2.05) is 18.2 Å². The number of aromatic nitrogens is 3. The molecule has 0 spiro atoms. The number of carbonyl (C=O) groups excluding carboxylic acids is 1. The molecule has 25 heavy (non-hydrogen) atoms. The van der Waals surface area contributed by atoms with Gasteiger partial charge in [-0.15, -0.1) is 0 Å². The maximum atomic E-state index is 12.2. The lowest BCUT2D eigenvalue weighted by molar-refractivity contribution is -0.122. The lowest BCUT2D eigenvalue weighted by Gasteiger charge is -2.30. The first-order chi connectivity index (χ1) is 12.3. The zero-order chi connectivity index (χ0) is 17.1. The minimum Gasteiger partial charge on any atom is -0.349 e. The van der Waals surface area contributed by atoms with Crippen molar-refractivity contribution in [3.05, 3.63) is 41.8 Å². The molecule has 1 amide bonds. The Labute approximate surface area is 146 Å². The summed E-state index contributed by atoms with van der Waals surface area (Å²) in [5, 5.41) is 7.10. The molecule has 0 radical (unpaired) electrons. The fourth-order valence-corrected chi connectivity index (χ4v) is 3.27. The van der Waals surface area contributed by atoms with Crippen molar-refractivity contribution in [1.29, 1.82) is 0 Å². The first-order valence-corrected chi connectivity index (χ1v) is 9.00. The molecule has 1 unspecified atom stereocenters. The van der Waals surface area contributed by atoms with Crippen molar-refractivity contribution < 1.29 is 9.32 Å². The van der Waals surface area contributed by atoms with E-state index in [0.717, 1.165) is 56.2 Å². The van der Waals surface area contributed by atoms with Gasteiger partial charge in [0.25, 0.3) is 0 Å². The largest absolute Gasteiger partial charge is 0.349 e. The van der Waals surface area contributed by atoms with Crippen molar-refractivity contribution in [3.63, 3.8) is 0 Å². The van der Waals surface area contributed by atoms with E-state index < -0.39 is 0 Å². The minimum absolute atomic E-state index is 0.0260. The maximum Gasteiger partial charge on any atom is 0.234 e. The molecule has 2 aromatic heterocycles. The Morgan fingerprint density at radius 1 is 1.28 bits per heavy atom. The monoisotopic (exact) mass is 341 g/mol. The average molecular weight is 341 g/mol. The molecule has 0 bridgehead atoms. The van der Waals surface area contributed by atoms with Crippen molar-refractivity contribution in [3.8, 4) is 0 Å². The summed E-state index contributed by atoms with van der Waals surface area (Å²) in [6, 6.07) is 5.70. The van der Waals surface area contributed by atoms with Gasteiger partial charge in [-0.05, 0) is 44.4 Å². The first-order valence-electron chi connectivity index (χ1n) is 9.00. The normalized spacial score (nSPS) is 21.2. The van der Waals surface area contributed by atoms with Gasteiger partial charge in [0, 0.05) is 24.6 Å². The van der Waals surface area contributed by atoms with E-state index >= 15 is 0 Å². The SMILES string of the molecule is O=C(CN1CCCC(c2noc(C3CC3)n2)C1)NCc1ccccn1. The lowest BCUT2D eigenvalue weighted by atomic mass is 9.97. The number of pyridine rings is 1. The number of hydrogen-bond acceptors (Lipinski definition) is 6. The highest BCUT2D eigenvalue weighted by Crippen LogP contribution is 2.39. The second kappa shape index (κ2) is 7.31. The topological polar surface area (TPSA) is 84.2 Å². The van der Waals surface area contributed by atoms with Gasteiger partial charge in [0.15, 0.2) is 5.82 Å². The van der Waals surface area contributed by atoms with Crippen LogP contribution in [0.25, 0.3) is 0 Å². The second-order valence-corrected chi connectivity index (χ2v) is 6.94. The highest BCUT2D eigenvalue weighted by molar-refractivity contribution is 5.77. The summed E-state index contributed by atoms with van der Waals surface area (Å²) in [6.45, 7) is 2.60. The van der Waals surface area contributed by atoms with Crippen molar-refractivity contribution in [2.24, 2.45) is 0 Å². The molecule has 4 rings (SSSR count). The van der Waals surface area contributed by atoms with E-state index in [1.165, 1.54) is 0 Å². The minimum atomic E-state index is 0.0260. The Morgan fingerprint density at radius 2 is 2.20 bits per heavy atom. The molecule has 1 aliphatic heterocycles. The van der Waals surface area contributed by atoms with Crippen LogP contribution in [0.3, 0.4) is 0 Å². The molecule has 2 fully saturated rings. The summed E-state index contributed by atoms with van der Waals surface area (Å²) in [7, 11) is 0. The highest BCUT2D eigenvalue weighted by atomic mass is 16.5. The number of rotatable bonds is 6. The maximum absolute atomic E-state index is 12.2. The van der Waals surface area contributed by atoms with Crippen molar-refractivity contribution in [1.82, 2.24) is 25.3 Å². The van der Waals surface area contributed by atoms with Crippen LogP contribution >= 0.6 is 0 Å². The van der Waals surface area contributed by atoms with E-state index in [9.17, 15) is 4.79 Å². The van der Waals surface area contributed by atoms with Gasteiger partial charge in [-0.2, -0.15) is 4.98 Å². The standard InChI is InChI=1S/C18H23N5O2/c24-16(20-10-15-5-1-2-8-19-15)12-23-9-3-4-14(11-23)17-21-18(25-22-17)13-6-7-13/h1-2,5,8,13-14H,3-4,6-7,9-12H2,(H,20,24). The van der Waals surface area contributed by atoms with Crippen molar-refractivity contribution >= 4 is 5.91 Å². The van der Waals surface area contributed by atoms with Crippen molar-refractivity contribution in [2.45, 2.75) is 44.1 Å². The quantitative estimate of drug-likeness (QED) is 0.863. The lowest BCUT2D eigenvalue weighted by Crippen LogP contribution is -2.42. The summed E-state index contributed by atoms with van der Waals surface area (Å²) < 4.78 is 5.38. The molecule has 1 saturated carbocycles. The first kappa shape index (κ1) is 16.2. The van der Waals surface area contributed by atoms with Crippen LogP contribution < -0.4 is 5.32 Å². The Kier molecular flexibility index (Phi) is 4.74. The van der Waals surface area contributed by atoms with Gasteiger partial charge in [0.2, 0.25) is 11.8 Å². The summed E-state index contributed by atoms with van der Waals surface area (Å²) in [5.74, 6) is 2.37. The van der Waals surface area contributed by atoms with Gasteiger partial charge >= 0.3 is 0 Å². The molecule has 1 N–H and O–H groups in total. The number of likely N-dealkylation sites (tertiary alicyclic amines) is 1. The molecule has 7 nitrogen and oxygen atoms in total. The van der Waals surface area contributed by atoms with Crippen LogP contribution in [0.4, 0.5) is 0 Å². The molecule has 132 valence electrons. The molecule has 3 heterocycles. The molecular formula is C18H23N5O2. The van der Waals surface area contributed by atoms with Crippen LogP contribution in [0.1, 0.15) is 54.9 Å². The Morgan fingerprint density at radius 3 is 3.00 bits per heavy atom. The number of carbonyl (C=O) groups is 1. The predicted molar refractivity (Wildman–Crippen MR) is 90.8 cm³/mol. The van der Waals surface area contributed by atoms with Crippen LogP contribution in [0.2, 0.25) is 0 Å². The molecular weight excluding hydrogens is 318 g/mol. The van der Waals surface area contributed by atoms with Gasteiger partial charge in [-0.25, -0.2) is 0 Å². The highest BCUT2D eigenvalue weighted by Gasteiger charge is 2.32. The van der Waals surface area contributed by atoms with E-state index in [2.05, 4.69) is 25.3 Å². The predicted octanol–water partition coefficient (Wildman–Crippen LogP) is 1.84. The molecule has 1 atom stereocenters. The van der Waals surface area contributed by atoms with Gasteiger partial charge in [-0.3, -0.25) is 14.7 Å². The third kappa shape index (κ3) is 4.22. The summed E-state index contributed by atoms with van der Waals surface area (Å²) in [4.78, 5) is 23.2. The van der Waals surface area contributed by atoms with Gasteiger partial charge in [-0.1, -0.05) is 11.2 Å². The van der Waals surface area contributed by atoms with E-state index in [4.69, 9.17) is 4.52 Å². The average Bonchev–Trinajstić information content (AvgIpc) is 3.38. The van der Waals surface area contributed by atoms with Crippen LogP contribution in [0.5, 0.6) is 0 Å². The Hall–Kier alpha value is -2.28.